The monoisotopic (exact) mass is 121 g/mol. The zero-order valence-electron chi connectivity index (χ0n) is 5.38. The molecule has 9 heavy (non-hydrogen) atoms. The molecular formula is C8H11N. The Labute approximate surface area is 55.2 Å². The van der Waals surface area contributed by atoms with Crippen LogP contribution in [0, 0.1) is 5.92 Å². The molecule has 0 aromatic heterocycles. The lowest BCUT2D eigenvalue weighted by Gasteiger charge is -2.04. The van der Waals surface area contributed by atoms with E-state index >= 15 is 0 Å². The van der Waals surface area contributed by atoms with Gasteiger partial charge < -0.3 is 5.73 Å². The largest absolute Gasteiger partial charge is 0.321 e. The van der Waals surface area contributed by atoms with Crippen LogP contribution in [-0.2, 0) is 0 Å². The maximum absolute atomic E-state index is 5.76. The maximum atomic E-state index is 5.76. The van der Waals surface area contributed by atoms with Gasteiger partial charge in [-0.1, -0.05) is 18.2 Å². The molecule has 0 heterocycles. The van der Waals surface area contributed by atoms with Crippen molar-refractivity contribution in [2.45, 2.75) is 18.9 Å². The third-order valence-electron chi connectivity index (χ3n) is 2.04. The van der Waals surface area contributed by atoms with E-state index in [2.05, 4.69) is 18.2 Å². The molecule has 0 bridgehead atoms. The first-order valence-corrected chi connectivity index (χ1v) is 3.52. The number of allylic oxidation sites excluding steroid dienone is 2. The van der Waals surface area contributed by atoms with E-state index in [0.29, 0.717) is 0 Å². The van der Waals surface area contributed by atoms with Crippen molar-refractivity contribution in [3.05, 3.63) is 23.8 Å². The molecule has 2 N–H and O–H groups in total. The number of hydrogen-bond donors (Lipinski definition) is 1. The van der Waals surface area contributed by atoms with Gasteiger partial charge in [-0.2, -0.15) is 0 Å². The molecule has 0 aromatic carbocycles. The molecular weight excluding hydrogens is 110 g/mol. The van der Waals surface area contributed by atoms with E-state index in [4.69, 9.17) is 5.73 Å². The fourth-order valence-electron chi connectivity index (χ4n) is 1.33. The lowest BCUT2D eigenvalue weighted by atomic mass is 10.1. The Hall–Kier alpha value is -0.560. The highest BCUT2D eigenvalue weighted by Gasteiger charge is 2.29. The molecule has 1 fully saturated rings. The van der Waals surface area contributed by atoms with E-state index in [0.717, 1.165) is 5.92 Å². The standard InChI is InChI=1S/C8H11N/c9-8-3-1-2-7(8)6-4-5-6/h1-3,6,8H,4-5,9H2. The number of nitrogens with two attached hydrogens (primary N) is 1. The van der Waals surface area contributed by atoms with Crippen molar-refractivity contribution in [2.75, 3.05) is 0 Å². The van der Waals surface area contributed by atoms with E-state index in [1.807, 2.05) is 0 Å². The topological polar surface area (TPSA) is 26.0 Å². The van der Waals surface area contributed by atoms with Crippen LogP contribution in [0.4, 0.5) is 0 Å². The van der Waals surface area contributed by atoms with E-state index < -0.39 is 0 Å². The molecule has 2 aliphatic carbocycles. The van der Waals surface area contributed by atoms with Crippen LogP contribution in [-0.4, -0.2) is 6.04 Å². The van der Waals surface area contributed by atoms with Gasteiger partial charge in [0, 0.05) is 6.04 Å². The molecule has 0 aromatic rings. The highest BCUT2D eigenvalue weighted by atomic mass is 14.6. The molecule has 1 nitrogen and oxygen atoms in total. The Balaban J connectivity index is 2.12. The first-order valence-electron chi connectivity index (χ1n) is 3.52. The van der Waals surface area contributed by atoms with Gasteiger partial charge in [0.2, 0.25) is 0 Å². The van der Waals surface area contributed by atoms with Gasteiger partial charge in [0.25, 0.3) is 0 Å². The van der Waals surface area contributed by atoms with E-state index in [-0.39, 0.29) is 6.04 Å². The van der Waals surface area contributed by atoms with E-state index in [1.165, 1.54) is 18.4 Å². The van der Waals surface area contributed by atoms with Gasteiger partial charge in [-0.15, -0.1) is 0 Å². The molecule has 2 rings (SSSR count). The molecule has 1 unspecified atom stereocenters. The van der Waals surface area contributed by atoms with Gasteiger partial charge in [-0.25, -0.2) is 0 Å². The molecule has 48 valence electrons. The van der Waals surface area contributed by atoms with Gasteiger partial charge in [0.15, 0.2) is 0 Å². The Morgan fingerprint density at radius 2 is 2.22 bits per heavy atom. The second kappa shape index (κ2) is 1.71. The van der Waals surface area contributed by atoms with Crippen molar-refractivity contribution in [3.63, 3.8) is 0 Å². The predicted molar refractivity (Wildman–Crippen MR) is 37.9 cm³/mol. The number of hydrogen-bond acceptors (Lipinski definition) is 1. The Kier molecular flexibility index (Phi) is 0.995. The van der Waals surface area contributed by atoms with Gasteiger partial charge >= 0.3 is 0 Å². The molecule has 1 saturated carbocycles. The third kappa shape index (κ3) is 0.815. The molecule has 0 radical (unpaired) electrons. The second-order valence-corrected chi connectivity index (χ2v) is 2.85. The highest BCUT2D eigenvalue weighted by molar-refractivity contribution is 5.34. The molecule has 1 heteroatoms. The van der Waals surface area contributed by atoms with Crippen LogP contribution >= 0.6 is 0 Å². The van der Waals surface area contributed by atoms with Crippen LogP contribution < -0.4 is 5.73 Å². The van der Waals surface area contributed by atoms with Crippen LogP contribution in [0.15, 0.2) is 23.8 Å². The summed E-state index contributed by atoms with van der Waals surface area (Å²) in [5.74, 6) is 0.843. The summed E-state index contributed by atoms with van der Waals surface area (Å²) in [6, 6.07) is 0.248. The minimum Gasteiger partial charge on any atom is -0.321 e. The summed E-state index contributed by atoms with van der Waals surface area (Å²) < 4.78 is 0. The molecule has 0 spiro atoms. The SMILES string of the molecule is NC1C=CC=C1C1CC1. The highest BCUT2D eigenvalue weighted by Crippen LogP contribution is 2.39. The molecule has 0 aliphatic heterocycles. The predicted octanol–water partition coefficient (Wildman–Crippen LogP) is 1.22. The van der Waals surface area contributed by atoms with Gasteiger partial charge in [0.05, 0.1) is 0 Å². The van der Waals surface area contributed by atoms with Gasteiger partial charge in [-0.05, 0) is 24.3 Å². The average Bonchev–Trinajstić information content (AvgIpc) is 2.58. The van der Waals surface area contributed by atoms with Crippen molar-refractivity contribution in [1.29, 1.82) is 0 Å². The summed E-state index contributed by atoms with van der Waals surface area (Å²) in [6.07, 6.45) is 9.02. The fraction of sp³-hybridized carbons (Fsp3) is 0.500. The summed E-state index contributed by atoms with van der Waals surface area (Å²) in [5, 5.41) is 0. The average molecular weight is 121 g/mol. The Morgan fingerprint density at radius 1 is 1.44 bits per heavy atom. The van der Waals surface area contributed by atoms with Crippen molar-refractivity contribution < 1.29 is 0 Å². The summed E-state index contributed by atoms with van der Waals surface area (Å²) in [4.78, 5) is 0. The molecule has 0 amide bonds. The zero-order chi connectivity index (χ0) is 6.27. The third-order valence-corrected chi connectivity index (χ3v) is 2.04. The van der Waals surface area contributed by atoms with E-state index in [1.54, 1.807) is 0 Å². The maximum Gasteiger partial charge on any atom is 0.0449 e. The summed E-state index contributed by atoms with van der Waals surface area (Å²) in [6.45, 7) is 0. The van der Waals surface area contributed by atoms with Crippen LogP contribution in [0.1, 0.15) is 12.8 Å². The lowest BCUT2D eigenvalue weighted by molar-refractivity contribution is 0.853. The zero-order valence-corrected chi connectivity index (χ0v) is 5.38. The molecule has 1 atom stereocenters. The summed E-state index contributed by atoms with van der Waals surface area (Å²) >= 11 is 0. The van der Waals surface area contributed by atoms with Crippen LogP contribution in [0.25, 0.3) is 0 Å². The fourth-order valence-corrected chi connectivity index (χ4v) is 1.33. The van der Waals surface area contributed by atoms with Crippen LogP contribution in [0.5, 0.6) is 0 Å². The molecule has 2 aliphatic rings. The van der Waals surface area contributed by atoms with Crippen molar-refractivity contribution in [3.8, 4) is 0 Å². The van der Waals surface area contributed by atoms with E-state index in [9.17, 15) is 0 Å². The summed E-state index contributed by atoms with van der Waals surface area (Å²) in [7, 11) is 0. The summed E-state index contributed by atoms with van der Waals surface area (Å²) in [5.41, 5.74) is 7.22. The second-order valence-electron chi connectivity index (χ2n) is 2.85. The molecule has 0 saturated heterocycles. The Bertz CT molecular complexity index is 175. The first-order chi connectivity index (χ1) is 4.38. The minimum absolute atomic E-state index is 0.248. The van der Waals surface area contributed by atoms with Gasteiger partial charge in [0.1, 0.15) is 0 Å². The quantitative estimate of drug-likeness (QED) is 0.554. The van der Waals surface area contributed by atoms with Crippen molar-refractivity contribution >= 4 is 0 Å². The van der Waals surface area contributed by atoms with Crippen LogP contribution in [0.3, 0.4) is 0 Å². The van der Waals surface area contributed by atoms with Crippen LogP contribution in [0.2, 0.25) is 0 Å². The van der Waals surface area contributed by atoms with Crippen molar-refractivity contribution in [2.24, 2.45) is 11.7 Å². The normalized spacial score (nSPS) is 33.0. The first kappa shape index (κ1) is 5.24. The Morgan fingerprint density at radius 3 is 2.67 bits per heavy atom. The number of rotatable bonds is 1. The smallest absolute Gasteiger partial charge is 0.0449 e. The lowest BCUT2D eigenvalue weighted by Crippen LogP contribution is -2.18. The minimum atomic E-state index is 0.248. The van der Waals surface area contributed by atoms with Crippen molar-refractivity contribution in [1.82, 2.24) is 0 Å². The van der Waals surface area contributed by atoms with Gasteiger partial charge in [-0.3, -0.25) is 0 Å².